The van der Waals surface area contributed by atoms with Crippen LogP contribution in [-0.2, 0) is 0 Å². The highest BCUT2D eigenvalue weighted by molar-refractivity contribution is 5.79. The van der Waals surface area contributed by atoms with Gasteiger partial charge in [-0.1, -0.05) is 36.4 Å². The quantitative estimate of drug-likeness (QED) is 0.812. The maximum Gasteiger partial charge on any atom is 0.0979 e. The van der Waals surface area contributed by atoms with Crippen LogP contribution >= 0.6 is 0 Å². The number of aliphatic imine (C=N–C) groups is 1. The normalized spacial score (nSPS) is 12.8. The van der Waals surface area contributed by atoms with Crippen LogP contribution in [-0.4, -0.2) is 22.9 Å². The number of benzene rings is 1. The first-order chi connectivity index (χ1) is 8.40. The molecule has 86 valence electrons. The Morgan fingerprint density at radius 1 is 1.18 bits per heavy atom. The van der Waals surface area contributed by atoms with Crippen molar-refractivity contribution >= 4 is 6.21 Å². The third-order valence-electron chi connectivity index (χ3n) is 2.45. The van der Waals surface area contributed by atoms with E-state index in [1.54, 1.807) is 18.6 Å². The first kappa shape index (κ1) is 11.5. The molecule has 1 atom stereocenters. The average Bonchev–Trinajstić information content (AvgIpc) is 2.42. The molecule has 1 heterocycles. The van der Waals surface area contributed by atoms with Gasteiger partial charge in [-0.25, -0.2) is 0 Å². The van der Waals surface area contributed by atoms with Crippen LogP contribution < -0.4 is 0 Å². The molecule has 1 N–H and O–H groups in total. The maximum absolute atomic E-state index is 9.33. The van der Waals surface area contributed by atoms with E-state index in [2.05, 4.69) is 9.98 Å². The second kappa shape index (κ2) is 5.92. The van der Waals surface area contributed by atoms with E-state index in [4.69, 9.17) is 0 Å². The Balaban J connectivity index is 2.14. The molecule has 2 rings (SSSR count). The Labute approximate surface area is 100 Å². The van der Waals surface area contributed by atoms with Gasteiger partial charge in [-0.05, 0) is 11.6 Å². The molecule has 0 bridgehead atoms. The van der Waals surface area contributed by atoms with Crippen LogP contribution in [0.25, 0.3) is 0 Å². The first-order valence-electron chi connectivity index (χ1n) is 5.49. The topological polar surface area (TPSA) is 45.5 Å². The number of pyridine rings is 1. The minimum atomic E-state index is -0.212. The largest absolute Gasteiger partial charge is 0.394 e. The van der Waals surface area contributed by atoms with Gasteiger partial charge in [0, 0.05) is 24.2 Å². The smallest absolute Gasteiger partial charge is 0.0979 e. The summed E-state index contributed by atoms with van der Waals surface area (Å²) in [5.74, 6) is 0. The number of aliphatic hydroxyl groups excluding tert-OH is 1. The van der Waals surface area contributed by atoms with Gasteiger partial charge >= 0.3 is 0 Å². The molecule has 0 spiro atoms. The van der Waals surface area contributed by atoms with E-state index >= 15 is 0 Å². The zero-order valence-electron chi connectivity index (χ0n) is 9.40. The molecule has 1 aromatic carbocycles. The molecule has 1 unspecified atom stereocenters. The molecular formula is C14H14N2O. The summed E-state index contributed by atoms with van der Waals surface area (Å²) in [5, 5.41) is 9.33. The Morgan fingerprint density at radius 3 is 2.65 bits per heavy atom. The van der Waals surface area contributed by atoms with E-state index < -0.39 is 0 Å². The fourth-order valence-electron chi connectivity index (χ4n) is 1.54. The third kappa shape index (κ3) is 3.23. The summed E-state index contributed by atoms with van der Waals surface area (Å²) in [4.78, 5) is 8.38. The molecule has 1 aromatic heterocycles. The third-order valence-corrected chi connectivity index (χ3v) is 2.45. The van der Waals surface area contributed by atoms with Gasteiger partial charge in [0.2, 0.25) is 0 Å². The standard InChI is InChI=1S/C14H14N2O/c17-11-14(13-6-2-1-3-7-13)16-10-12-5-4-8-15-9-12/h1-10,14,17H,11H2. The van der Waals surface area contributed by atoms with Crippen LogP contribution in [0, 0.1) is 0 Å². The lowest BCUT2D eigenvalue weighted by Gasteiger charge is -2.08. The Bertz CT molecular complexity index is 468. The van der Waals surface area contributed by atoms with Gasteiger partial charge in [-0.15, -0.1) is 0 Å². The zero-order valence-corrected chi connectivity index (χ0v) is 9.40. The van der Waals surface area contributed by atoms with Gasteiger partial charge in [0.05, 0.1) is 12.6 Å². The molecule has 0 radical (unpaired) electrons. The second-order valence-corrected chi connectivity index (χ2v) is 3.67. The number of aromatic nitrogens is 1. The van der Waals surface area contributed by atoms with Gasteiger partial charge in [-0.3, -0.25) is 9.98 Å². The lowest BCUT2D eigenvalue weighted by Crippen LogP contribution is -2.01. The lowest BCUT2D eigenvalue weighted by molar-refractivity contribution is 0.269. The molecule has 3 heteroatoms. The summed E-state index contributed by atoms with van der Waals surface area (Å²) in [6.45, 7) is 0.000769. The lowest BCUT2D eigenvalue weighted by atomic mass is 10.1. The van der Waals surface area contributed by atoms with Crippen molar-refractivity contribution in [3.8, 4) is 0 Å². The molecule has 0 aliphatic carbocycles. The highest BCUT2D eigenvalue weighted by atomic mass is 16.3. The highest BCUT2D eigenvalue weighted by Gasteiger charge is 2.06. The minimum Gasteiger partial charge on any atom is -0.394 e. The van der Waals surface area contributed by atoms with Crippen LogP contribution in [0.2, 0.25) is 0 Å². The summed E-state index contributed by atoms with van der Waals surface area (Å²) < 4.78 is 0. The second-order valence-electron chi connectivity index (χ2n) is 3.67. The summed E-state index contributed by atoms with van der Waals surface area (Å²) >= 11 is 0. The number of hydrogen-bond donors (Lipinski definition) is 1. The summed E-state index contributed by atoms with van der Waals surface area (Å²) in [6.07, 6.45) is 5.20. The van der Waals surface area contributed by atoms with Gasteiger partial charge in [0.15, 0.2) is 0 Å². The Morgan fingerprint density at radius 2 is 2.00 bits per heavy atom. The number of aliphatic hydroxyl groups is 1. The minimum absolute atomic E-state index is 0.000769. The van der Waals surface area contributed by atoms with Gasteiger partial charge < -0.3 is 5.11 Å². The monoisotopic (exact) mass is 226 g/mol. The Hall–Kier alpha value is -2.00. The average molecular weight is 226 g/mol. The van der Waals surface area contributed by atoms with Gasteiger partial charge in [0.25, 0.3) is 0 Å². The van der Waals surface area contributed by atoms with E-state index in [1.807, 2.05) is 42.5 Å². The summed E-state index contributed by atoms with van der Waals surface area (Å²) in [6, 6.07) is 13.3. The summed E-state index contributed by atoms with van der Waals surface area (Å²) in [7, 11) is 0. The van der Waals surface area contributed by atoms with E-state index in [-0.39, 0.29) is 12.6 Å². The summed E-state index contributed by atoms with van der Waals surface area (Å²) in [5.41, 5.74) is 1.94. The molecule has 0 amide bonds. The van der Waals surface area contributed by atoms with E-state index in [9.17, 15) is 5.11 Å². The van der Waals surface area contributed by atoms with Crippen molar-refractivity contribution in [2.75, 3.05) is 6.61 Å². The van der Waals surface area contributed by atoms with Crippen molar-refractivity contribution in [3.63, 3.8) is 0 Å². The number of rotatable bonds is 4. The molecule has 0 fully saturated rings. The molecule has 17 heavy (non-hydrogen) atoms. The molecule has 2 aromatic rings. The molecule has 0 saturated heterocycles. The Kier molecular flexibility index (Phi) is 4.00. The van der Waals surface area contributed by atoms with Crippen LogP contribution in [0.4, 0.5) is 0 Å². The molecule has 0 aliphatic rings. The van der Waals surface area contributed by atoms with Gasteiger partial charge in [-0.2, -0.15) is 0 Å². The fourth-order valence-corrected chi connectivity index (χ4v) is 1.54. The van der Waals surface area contributed by atoms with Crippen LogP contribution in [0.15, 0.2) is 59.9 Å². The molecule has 3 nitrogen and oxygen atoms in total. The molecule has 0 aliphatic heterocycles. The van der Waals surface area contributed by atoms with Crippen LogP contribution in [0.5, 0.6) is 0 Å². The fraction of sp³-hybridized carbons (Fsp3) is 0.143. The van der Waals surface area contributed by atoms with Crippen molar-refractivity contribution < 1.29 is 5.11 Å². The van der Waals surface area contributed by atoms with Crippen LogP contribution in [0.3, 0.4) is 0 Å². The van der Waals surface area contributed by atoms with E-state index in [1.165, 1.54) is 0 Å². The number of nitrogens with zero attached hydrogens (tertiary/aromatic N) is 2. The first-order valence-corrected chi connectivity index (χ1v) is 5.49. The molecule has 0 saturated carbocycles. The van der Waals surface area contributed by atoms with Crippen LogP contribution in [0.1, 0.15) is 17.2 Å². The van der Waals surface area contributed by atoms with Crippen molar-refractivity contribution in [1.82, 2.24) is 4.98 Å². The molecular weight excluding hydrogens is 212 g/mol. The van der Waals surface area contributed by atoms with E-state index in [0.29, 0.717) is 0 Å². The number of hydrogen-bond acceptors (Lipinski definition) is 3. The van der Waals surface area contributed by atoms with Crippen molar-refractivity contribution in [3.05, 3.63) is 66.0 Å². The highest BCUT2D eigenvalue weighted by Crippen LogP contribution is 2.15. The van der Waals surface area contributed by atoms with Crippen molar-refractivity contribution in [2.24, 2.45) is 4.99 Å². The maximum atomic E-state index is 9.33. The zero-order chi connectivity index (χ0) is 11.9. The van der Waals surface area contributed by atoms with Crippen molar-refractivity contribution in [1.29, 1.82) is 0 Å². The van der Waals surface area contributed by atoms with Crippen molar-refractivity contribution in [2.45, 2.75) is 6.04 Å². The van der Waals surface area contributed by atoms with Gasteiger partial charge in [0.1, 0.15) is 0 Å². The SMILES string of the molecule is OCC(N=Cc1cccnc1)c1ccccc1. The predicted octanol–water partition coefficient (Wildman–Crippen LogP) is 2.23. The predicted molar refractivity (Wildman–Crippen MR) is 68.1 cm³/mol. The van der Waals surface area contributed by atoms with E-state index in [0.717, 1.165) is 11.1 Å².